The van der Waals surface area contributed by atoms with Crippen molar-refractivity contribution in [3.63, 3.8) is 0 Å². The standard InChI is InChI=1S/C32H29FN4O4/c33-23-15-21-28-31(29(23)36-12-5-6-13-36)41-27-16-20-19-7-1-2-8-25(19)40-26(20)17-24(27)37(28)18-22(30(21)38)32(39)34-9-14-35-10-3-4-11-35/h1-2,7-8,15-18H,3-6,9-14H2,(H,34,39). The Morgan fingerprint density at radius 1 is 0.927 bits per heavy atom. The monoisotopic (exact) mass is 552 g/mol. The lowest BCUT2D eigenvalue weighted by molar-refractivity contribution is 0.0948. The van der Waals surface area contributed by atoms with Gasteiger partial charge in [0, 0.05) is 49.2 Å². The van der Waals surface area contributed by atoms with E-state index in [-0.39, 0.29) is 10.9 Å². The van der Waals surface area contributed by atoms with Crippen LogP contribution < -0.4 is 20.4 Å². The molecule has 0 spiro atoms. The van der Waals surface area contributed by atoms with Crippen LogP contribution in [0.5, 0.6) is 11.5 Å². The lowest BCUT2D eigenvalue weighted by atomic mass is 10.0. The first kappa shape index (κ1) is 24.4. The smallest absolute Gasteiger partial charge is 0.256 e. The largest absolute Gasteiger partial charge is 0.456 e. The number of hydrogen-bond acceptors (Lipinski definition) is 6. The molecule has 0 aliphatic carbocycles. The zero-order valence-corrected chi connectivity index (χ0v) is 22.5. The molecule has 41 heavy (non-hydrogen) atoms. The third-order valence-corrected chi connectivity index (χ3v) is 8.68. The van der Waals surface area contributed by atoms with Gasteiger partial charge in [-0.1, -0.05) is 18.2 Å². The summed E-state index contributed by atoms with van der Waals surface area (Å²) in [4.78, 5) is 31.4. The first-order chi connectivity index (χ1) is 20.1. The van der Waals surface area contributed by atoms with E-state index in [4.69, 9.17) is 9.15 Å². The Labute approximate surface area is 234 Å². The van der Waals surface area contributed by atoms with E-state index in [2.05, 4.69) is 10.2 Å². The van der Waals surface area contributed by atoms with Crippen LogP contribution in [0, 0.1) is 5.82 Å². The highest BCUT2D eigenvalue weighted by Gasteiger charge is 2.32. The van der Waals surface area contributed by atoms with Gasteiger partial charge in [-0.3, -0.25) is 9.59 Å². The van der Waals surface area contributed by atoms with Gasteiger partial charge < -0.3 is 28.8 Å². The Morgan fingerprint density at radius 3 is 2.54 bits per heavy atom. The molecule has 2 saturated heterocycles. The average molecular weight is 553 g/mol. The van der Waals surface area contributed by atoms with Crippen LogP contribution in [0.2, 0.25) is 0 Å². The quantitative estimate of drug-likeness (QED) is 0.302. The van der Waals surface area contributed by atoms with E-state index >= 15 is 4.39 Å². The highest BCUT2D eigenvalue weighted by atomic mass is 19.1. The Bertz CT molecular complexity index is 1930. The van der Waals surface area contributed by atoms with E-state index in [1.165, 1.54) is 6.07 Å². The number of fused-ring (bicyclic) bond motifs is 5. The number of rotatable bonds is 5. The van der Waals surface area contributed by atoms with Crippen molar-refractivity contribution in [1.29, 1.82) is 0 Å². The molecule has 5 aromatic rings. The van der Waals surface area contributed by atoms with Gasteiger partial charge in [0.15, 0.2) is 17.3 Å². The van der Waals surface area contributed by atoms with Crippen LogP contribution in [-0.2, 0) is 0 Å². The zero-order valence-electron chi connectivity index (χ0n) is 22.5. The van der Waals surface area contributed by atoms with Crippen molar-refractivity contribution in [2.45, 2.75) is 25.7 Å². The summed E-state index contributed by atoms with van der Waals surface area (Å²) in [5.74, 6) is -0.182. The van der Waals surface area contributed by atoms with Crippen LogP contribution in [0.1, 0.15) is 36.0 Å². The van der Waals surface area contributed by atoms with Crippen molar-refractivity contribution >= 4 is 44.4 Å². The number of furan rings is 1. The Kier molecular flexibility index (Phi) is 5.57. The summed E-state index contributed by atoms with van der Waals surface area (Å²) in [5, 5.41) is 4.85. The van der Waals surface area contributed by atoms with Gasteiger partial charge in [0.2, 0.25) is 5.43 Å². The summed E-state index contributed by atoms with van der Waals surface area (Å²) in [7, 11) is 0. The predicted octanol–water partition coefficient (Wildman–Crippen LogP) is 5.56. The summed E-state index contributed by atoms with van der Waals surface area (Å²) in [6, 6.07) is 12.8. The topological polar surface area (TPSA) is 80.0 Å². The minimum absolute atomic E-state index is 0.0317. The fourth-order valence-corrected chi connectivity index (χ4v) is 6.65. The molecule has 2 aromatic heterocycles. The van der Waals surface area contributed by atoms with E-state index < -0.39 is 17.2 Å². The molecule has 0 atom stereocenters. The molecule has 8 nitrogen and oxygen atoms in total. The SMILES string of the molecule is O=C(NCCN1CCCC1)c1cn2c3c(c(N4CCCC4)c(F)cc3c1=O)Oc1cc3c(cc1-2)oc1ccccc13. The highest BCUT2D eigenvalue weighted by Crippen LogP contribution is 2.48. The number of ether oxygens (including phenoxy) is 1. The lowest BCUT2D eigenvalue weighted by Crippen LogP contribution is -2.36. The second-order valence-electron chi connectivity index (χ2n) is 11.2. The van der Waals surface area contributed by atoms with Crippen molar-refractivity contribution in [2.75, 3.05) is 44.2 Å². The summed E-state index contributed by atoms with van der Waals surface area (Å²) in [6.45, 7) is 4.62. The molecule has 0 unspecified atom stereocenters. The number of likely N-dealkylation sites (tertiary alicyclic amines) is 1. The van der Waals surface area contributed by atoms with Gasteiger partial charge >= 0.3 is 0 Å². The fourth-order valence-electron chi connectivity index (χ4n) is 6.65. The zero-order chi connectivity index (χ0) is 27.7. The van der Waals surface area contributed by atoms with E-state index in [9.17, 15) is 9.59 Å². The number of halogens is 1. The number of nitrogens with zero attached hydrogens (tertiary/aromatic N) is 3. The number of carbonyl (C=O) groups excluding carboxylic acids is 1. The van der Waals surface area contributed by atoms with Crippen molar-refractivity contribution in [3.05, 3.63) is 70.3 Å². The van der Waals surface area contributed by atoms with Crippen molar-refractivity contribution in [2.24, 2.45) is 0 Å². The van der Waals surface area contributed by atoms with Crippen LogP contribution in [0.4, 0.5) is 10.1 Å². The summed E-state index contributed by atoms with van der Waals surface area (Å²) in [5.41, 5.74) is 2.29. The van der Waals surface area contributed by atoms with Gasteiger partial charge in [0.05, 0.1) is 11.1 Å². The maximum absolute atomic E-state index is 15.9. The van der Waals surface area contributed by atoms with Crippen LogP contribution in [-0.4, -0.2) is 54.6 Å². The molecular weight excluding hydrogens is 523 g/mol. The molecule has 3 aliphatic rings. The van der Waals surface area contributed by atoms with E-state index in [0.717, 1.165) is 61.7 Å². The van der Waals surface area contributed by atoms with Crippen LogP contribution in [0.15, 0.2) is 57.9 Å². The van der Waals surface area contributed by atoms with E-state index in [0.29, 0.717) is 53.6 Å². The van der Waals surface area contributed by atoms with Crippen LogP contribution in [0.25, 0.3) is 38.5 Å². The number of nitrogens with one attached hydrogen (secondary N) is 1. The third-order valence-electron chi connectivity index (χ3n) is 8.68. The molecule has 208 valence electrons. The van der Waals surface area contributed by atoms with Gasteiger partial charge in [-0.25, -0.2) is 4.39 Å². The van der Waals surface area contributed by atoms with Crippen molar-refractivity contribution < 1.29 is 18.3 Å². The number of benzene rings is 3. The number of aromatic nitrogens is 1. The maximum atomic E-state index is 15.9. The molecule has 8 rings (SSSR count). The second kappa shape index (κ2) is 9.34. The molecule has 2 fully saturated rings. The summed E-state index contributed by atoms with van der Waals surface area (Å²) in [6.07, 6.45) is 5.81. The number of para-hydroxylation sites is 1. The van der Waals surface area contributed by atoms with Gasteiger partial charge in [-0.15, -0.1) is 0 Å². The average Bonchev–Trinajstić information content (AvgIpc) is 3.75. The van der Waals surface area contributed by atoms with Crippen molar-refractivity contribution in [1.82, 2.24) is 14.8 Å². The Hall–Kier alpha value is -4.37. The minimum Gasteiger partial charge on any atom is -0.456 e. The molecule has 1 N–H and O–H groups in total. The first-order valence-electron chi connectivity index (χ1n) is 14.4. The molecule has 3 aliphatic heterocycles. The van der Waals surface area contributed by atoms with Gasteiger partial charge in [0.25, 0.3) is 5.91 Å². The molecule has 0 bridgehead atoms. The molecule has 3 aromatic carbocycles. The predicted molar refractivity (Wildman–Crippen MR) is 156 cm³/mol. The summed E-state index contributed by atoms with van der Waals surface area (Å²) < 4.78 is 30.3. The number of hydrogen-bond donors (Lipinski definition) is 1. The summed E-state index contributed by atoms with van der Waals surface area (Å²) >= 11 is 0. The molecule has 0 saturated carbocycles. The van der Waals surface area contributed by atoms with Gasteiger partial charge in [-0.2, -0.15) is 0 Å². The van der Waals surface area contributed by atoms with E-state index in [1.54, 1.807) is 10.8 Å². The Morgan fingerprint density at radius 2 is 1.71 bits per heavy atom. The van der Waals surface area contributed by atoms with Crippen LogP contribution >= 0.6 is 0 Å². The maximum Gasteiger partial charge on any atom is 0.256 e. The molecule has 5 heterocycles. The number of amides is 1. The molecule has 0 radical (unpaired) electrons. The fraction of sp³-hybridized carbons (Fsp3) is 0.312. The minimum atomic E-state index is -0.525. The first-order valence-corrected chi connectivity index (χ1v) is 14.4. The lowest BCUT2D eigenvalue weighted by Gasteiger charge is -2.29. The van der Waals surface area contributed by atoms with Crippen molar-refractivity contribution in [3.8, 4) is 17.2 Å². The Balaban J connectivity index is 1.32. The normalized spacial score (nSPS) is 16.6. The molecular formula is C32H29FN4O4. The van der Waals surface area contributed by atoms with Gasteiger partial charge in [0.1, 0.15) is 27.9 Å². The number of anilines is 1. The third kappa shape index (κ3) is 3.83. The van der Waals surface area contributed by atoms with Gasteiger partial charge in [-0.05, 0) is 57.0 Å². The number of carbonyl (C=O) groups is 1. The highest BCUT2D eigenvalue weighted by molar-refractivity contribution is 6.07. The van der Waals surface area contributed by atoms with Crippen LogP contribution in [0.3, 0.4) is 0 Å². The van der Waals surface area contributed by atoms with E-state index in [1.807, 2.05) is 41.3 Å². The molecule has 1 amide bonds. The number of pyridine rings is 1. The molecule has 9 heteroatoms. The second-order valence-corrected chi connectivity index (χ2v) is 11.2.